The molecule has 2 aromatic heterocycles. The summed E-state index contributed by atoms with van der Waals surface area (Å²) >= 11 is 0. The van der Waals surface area contributed by atoms with Crippen LogP contribution in [-0.2, 0) is 20.1 Å². The maximum Gasteiger partial charge on any atom is 0.213 e. The van der Waals surface area contributed by atoms with E-state index in [9.17, 15) is 0 Å². The number of hydrogen-bond donors (Lipinski definition) is 1. The minimum absolute atomic E-state index is 0.703. The number of aromatic nitrogens is 4. The topological polar surface area (TPSA) is 56.9 Å². The van der Waals surface area contributed by atoms with Gasteiger partial charge in [0.2, 0.25) is 5.88 Å². The van der Waals surface area contributed by atoms with Crippen LogP contribution in [0.4, 0.5) is 5.82 Å². The molecule has 0 spiro atoms. The van der Waals surface area contributed by atoms with Crippen molar-refractivity contribution in [2.45, 2.75) is 26.9 Å². The van der Waals surface area contributed by atoms with Crippen LogP contribution in [0, 0.1) is 6.92 Å². The Balaban J connectivity index is 2.06. The molecule has 0 bridgehead atoms. The van der Waals surface area contributed by atoms with Crippen LogP contribution in [0.25, 0.3) is 0 Å². The van der Waals surface area contributed by atoms with Crippen LogP contribution in [0.2, 0.25) is 0 Å². The molecule has 0 aliphatic carbocycles. The van der Waals surface area contributed by atoms with E-state index in [1.807, 2.05) is 24.7 Å². The lowest BCUT2D eigenvalue weighted by Crippen LogP contribution is -2.08. The van der Waals surface area contributed by atoms with Crippen LogP contribution < -0.4 is 10.1 Å². The monoisotopic (exact) mass is 249 g/mol. The van der Waals surface area contributed by atoms with E-state index < -0.39 is 0 Å². The highest BCUT2D eigenvalue weighted by atomic mass is 16.5. The second-order valence-corrected chi connectivity index (χ2v) is 4.14. The fraction of sp³-hybridized carbons (Fsp3) is 0.500. The van der Waals surface area contributed by atoms with Gasteiger partial charge in [-0.1, -0.05) is 0 Å². The van der Waals surface area contributed by atoms with E-state index in [1.54, 1.807) is 11.8 Å². The molecule has 0 fully saturated rings. The molecule has 0 saturated carbocycles. The number of ether oxygens (including phenoxy) is 1. The van der Waals surface area contributed by atoms with Crippen molar-refractivity contribution in [2.75, 3.05) is 12.4 Å². The van der Waals surface area contributed by atoms with Crippen molar-refractivity contribution in [3.63, 3.8) is 0 Å². The van der Waals surface area contributed by atoms with E-state index in [4.69, 9.17) is 4.74 Å². The number of hydrogen-bond acceptors (Lipinski definition) is 4. The molecule has 98 valence electrons. The predicted octanol–water partition coefficient (Wildman–Crippen LogP) is 1.57. The maximum absolute atomic E-state index is 5.17. The number of aryl methyl sites for hydroxylation is 3. The molecule has 0 radical (unpaired) electrons. The van der Waals surface area contributed by atoms with Gasteiger partial charge in [0.05, 0.1) is 25.0 Å². The standard InChI is InChI=1S/C12H19N5O/c1-5-17-10(6-9(2)14-17)8-13-11-7-12(18-4)16(3)15-11/h6-7H,5,8H2,1-4H3,(H,13,15). The zero-order valence-electron chi connectivity index (χ0n) is 11.3. The van der Waals surface area contributed by atoms with E-state index in [0.29, 0.717) is 6.54 Å². The van der Waals surface area contributed by atoms with Gasteiger partial charge in [0.15, 0.2) is 5.82 Å². The first-order chi connectivity index (χ1) is 8.63. The molecule has 18 heavy (non-hydrogen) atoms. The third-order valence-electron chi connectivity index (χ3n) is 2.78. The largest absolute Gasteiger partial charge is 0.481 e. The van der Waals surface area contributed by atoms with Crippen molar-refractivity contribution in [2.24, 2.45) is 7.05 Å². The Bertz CT molecular complexity index is 529. The van der Waals surface area contributed by atoms with Gasteiger partial charge in [0.1, 0.15) is 0 Å². The Morgan fingerprint density at radius 2 is 2.11 bits per heavy atom. The zero-order valence-corrected chi connectivity index (χ0v) is 11.3. The first kappa shape index (κ1) is 12.5. The van der Waals surface area contributed by atoms with Crippen LogP contribution in [0.1, 0.15) is 18.3 Å². The molecule has 1 N–H and O–H groups in total. The summed E-state index contributed by atoms with van der Waals surface area (Å²) in [6, 6.07) is 3.95. The molecular weight excluding hydrogens is 230 g/mol. The lowest BCUT2D eigenvalue weighted by atomic mass is 10.3. The third-order valence-corrected chi connectivity index (χ3v) is 2.78. The second-order valence-electron chi connectivity index (χ2n) is 4.14. The average Bonchev–Trinajstić information content (AvgIpc) is 2.89. The van der Waals surface area contributed by atoms with Gasteiger partial charge in [-0.15, -0.1) is 0 Å². The third kappa shape index (κ3) is 2.47. The first-order valence-corrected chi connectivity index (χ1v) is 5.99. The molecule has 0 amide bonds. The summed E-state index contributed by atoms with van der Waals surface area (Å²) in [5.41, 5.74) is 2.19. The Kier molecular flexibility index (Phi) is 3.55. The molecule has 0 aromatic carbocycles. The number of nitrogens with zero attached hydrogens (tertiary/aromatic N) is 4. The lowest BCUT2D eigenvalue weighted by molar-refractivity contribution is 0.373. The summed E-state index contributed by atoms with van der Waals surface area (Å²) in [7, 11) is 3.49. The lowest BCUT2D eigenvalue weighted by Gasteiger charge is -2.05. The summed E-state index contributed by atoms with van der Waals surface area (Å²) in [6.45, 7) is 5.66. The molecule has 0 aliphatic rings. The zero-order chi connectivity index (χ0) is 13.1. The van der Waals surface area contributed by atoms with Crippen LogP contribution >= 0.6 is 0 Å². The smallest absolute Gasteiger partial charge is 0.213 e. The normalized spacial score (nSPS) is 10.7. The summed E-state index contributed by atoms with van der Waals surface area (Å²) in [4.78, 5) is 0. The minimum atomic E-state index is 0.703. The second kappa shape index (κ2) is 5.12. The van der Waals surface area contributed by atoms with Crippen molar-refractivity contribution in [3.05, 3.63) is 23.5 Å². The maximum atomic E-state index is 5.17. The molecule has 0 aliphatic heterocycles. The van der Waals surface area contributed by atoms with E-state index >= 15 is 0 Å². The molecule has 2 rings (SSSR count). The molecular formula is C12H19N5O. The fourth-order valence-corrected chi connectivity index (χ4v) is 1.92. The van der Waals surface area contributed by atoms with Gasteiger partial charge in [0.25, 0.3) is 0 Å². The highest BCUT2D eigenvalue weighted by Crippen LogP contribution is 2.16. The van der Waals surface area contributed by atoms with Crippen molar-refractivity contribution < 1.29 is 4.74 Å². The molecule has 0 saturated heterocycles. The SMILES string of the molecule is CCn1nc(C)cc1CNc1cc(OC)n(C)n1. The average molecular weight is 249 g/mol. The highest BCUT2D eigenvalue weighted by Gasteiger charge is 2.07. The quantitative estimate of drug-likeness (QED) is 0.873. The highest BCUT2D eigenvalue weighted by molar-refractivity contribution is 5.39. The summed E-state index contributed by atoms with van der Waals surface area (Å²) < 4.78 is 8.86. The predicted molar refractivity (Wildman–Crippen MR) is 69.7 cm³/mol. The van der Waals surface area contributed by atoms with Crippen LogP contribution in [0.3, 0.4) is 0 Å². The number of nitrogens with one attached hydrogen (secondary N) is 1. The van der Waals surface area contributed by atoms with Crippen LogP contribution in [0.5, 0.6) is 5.88 Å². The van der Waals surface area contributed by atoms with E-state index in [2.05, 4.69) is 28.5 Å². The van der Waals surface area contributed by atoms with Gasteiger partial charge < -0.3 is 10.1 Å². The van der Waals surface area contributed by atoms with Crippen molar-refractivity contribution in [1.82, 2.24) is 19.6 Å². The Morgan fingerprint density at radius 3 is 2.72 bits per heavy atom. The number of methoxy groups -OCH3 is 1. The van der Waals surface area contributed by atoms with Crippen molar-refractivity contribution in [1.29, 1.82) is 0 Å². The number of anilines is 1. The Morgan fingerprint density at radius 1 is 1.33 bits per heavy atom. The summed E-state index contributed by atoms with van der Waals surface area (Å²) in [6.07, 6.45) is 0. The summed E-state index contributed by atoms with van der Waals surface area (Å²) in [5.74, 6) is 1.54. The van der Waals surface area contributed by atoms with Gasteiger partial charge in [-0.25, -0.2) is 4.68 Å². The van der Waals surface area contributed by atoms with Gasteiger partial charge in [-0.3, -0.25) is 4.68 Å². The molecule has 6 nitrogen and oxygen atoms in total. The van der Waals surface area contributed by atoms with Gasteiger partial charge >= 0.3 is 0 Å². The van der Waals surface area contributed by atoms with Crippen molar-refractivity contribution >= 4 is 5.82 Å². The van der Waals surface area contributed by atoms with Gasteiger partial charge in [0, 0.05) is 19.7 Å². The number of rotatable bonds is 5. The van der Waals surface area contributed by atoms with E-state index in [0.717, 1.165) is 29.6 Å². The van der Waals surface area contributed by atoms with E-state index in [1.165, 1.54) is 0 Å². The summed E-state index contributed by atoms with van der Waals surface area (Å²) in [5, 5.41) is 12.0. The molecule has 2 heterocycles. The molecule has 2 aromatic rings. The first-order valence-electron chi connectivity index (χ1n) is 5.99. The molecule has 6 heteroatoms. The van der Waals surface area contributed by atoms with Crippen LogP contribution in [0.15, 0.2) is 12.1 Å². The van der Waals surface area contributed by atoms with Crippen LogP contribution in [-0.4, -0.2) is 26.7 Å². The fourth-order valence-electron chi connectivity index (χ4n) is 1.92. The molecule has 0 unspecified atom stereocenters. The van der Waals surface area contributed by atoms with Gasteiger partial charge in [-0.05, 0) is 19.9 Å². The minimum Gasteiger partial charge on any atom is -0.481 e. The Labute approximate surface area is 107 Å². The van der Waals surface area contributed by atoms with Gasteiger partial charge in [-0.2, -0.15) is 10.2 Å². The Hall–Kier alpha value is -1.98. The van der Waals surface area contributed by atoms with Crippen molar-refractivity contribution in [3.8, 4) is 5.88 Å². The van der Waals surface area contributed by atoms with E-state index in [-0.39, 0.29) is 0 Å². The molecule has 0 atom stereocenters.